The fraction of sp³-hybridized carbons (Fsp3) is 0.250. The van der Waals surface area contributed by atoms with Crippen molar-refractivity contribution in [3.8, 4) is 22.6 Å². The summed E-state index contributed by atoms with van der Waals surface area (Å²) in [6.07, 6.45) is 0. The van der Waals surface area contributed by atoms with Crippen LogP contribution in [0.3, 0.4) is 0 Å². The summed E-state index contributed by atoms with van der Waals surface area (Å²) in [5, 5.41) is 4.41. The molecule has 1 N–H and O–H groups in total. The van der Waals surface area contributed by atoms with E-state index in [-0.39, 0.29) is 11.9 Å². The number of rotatable bonds is 7. The minimum Gasteiger partial charge on any atom is -0.493 e. The summed E-state index contributed by atoms with van der Waals surface area (Å²) >= 11 is 0. The number of benzene rings is 3. The molecule has 4 rings (SSSR count). The van der Waals surface area contributed by atoms with E-state index in [2.05, 4.69) is 40.4 Å². The lowest BCUT2D eigenvalue weighted by atomic mass is 9.99. The molecule has 0 bridgehead atoms. The molecule has 3 aromatic carbocycles. The van der Waals surface area contributed by atoms with Crippen LogP contribution in [0.1, 0.15) is 34.7 Å². The van der Waals surface area contributed by atoms with E-state index in [0.717, 1.165) is 33.4 Å². The Kier molecular flexibility index (Phi) is 6.87. The second-order valence-corrected chi connectivity index (χ2v) is 8.61. The number of hydrogen-bond donors (Lipinski definition) is 1. The predicted octanol–water partition coefficient (Wildman–Crippen LogP) is 5.50. The molecular formula is C28H30N4O3. The monoisotopic (exact) mass is 470 g/mol. The van der Waals surface area contributed by atoms with Gasteiger partial charge < -0.3 is 19.7 Å². The maximum Gasteiger partial charge on any atom is 0.253 e. The third kappa shape index (κ3) is 5.04. The number of nitrogens with one attached hydrogen (secondary N) is 1. The highest BCUT2D eigenvalue weighted by molar-refractivity contribution is 5.94. The summed E-state index contributed by atoms with van der Waals surface area (Å²) in [6.45, 7) is 3.97. The fourth-order valence-corrected chi connectivity index (χ4v) is 4.02. The molecule has 0 fully saturated rings. The average molecular weight is 471 g/mol. The Morgan fingerprint density at radius 1 is 0.914 bits per heavy atom. The molecule has 7 nitrogen and oxygen atoms in total. The first-order chi connectivity index (χ1) is 16.8. The van der Waals surface area contributed by atoms with Crippen LogP contribution in [0.15, 0.2) is 60.7 Å². The van der Waals surface area contributed by atoms with Crippen molar-refractivity contribution in [1.82, 2.24) is 14.9 Å². The van der Waals surface area contributed by atoms with Crippen LogP contribution in [0.2, 0.25) is 0 Å². The van der Waals surface area contributed by atoms with E-state index in [1.165, 1.54) is 0 Å². The van der Waals surface area contributed by atoms with Crippen molar-refractivity contribution in [2.75, 3.05) is 33.6 Å². The molecule has 0 saturated carbocycles. The Morgan fingerprint density at radius 2 is 1.60 bits per heavy atom. The highest BCUT2D eigenvalue weighted by atomic mass is 16.5. The molecule has 7 heteroatoms. The van der Waals surface area contributed by atoms with Gasteiger partial charge in [-0.25, -0.2) is 9.97 Å². The van der Waals surface area contributed by atoms with Crippen LogP contribution in [0.5, 0.6) is 11.5 Å². The van der Waals surface area contributed by atoms with Gasteiger partial charge in [0, 0.05) is 37.2 Å². The number of nitrogens with zero attached hydrogens (tertiary/aromatic N) is 3. The number of methoxy groups -OCH3 is 2. The van der Waals surface area contributed by atoms with Crippen molar-refractivity contribution in [3.63, 3.8) is 0 Å². The largest absolute Gasteiger partial charge is 0.493 e. The van der Waals surface area contributed by atoms with Gasteiger partial charge in [0.2, 0.25) is 0 Å². The lowest BCUT2D eigenvalue weighted by Crippen LogP contribution is -2.21. The minimum atomic E-state index is -0.0184. The molecule has 1 atom stereocenters. The number of carbonyl (C=O) groups is 1. The first kappa shape index (κ1) is 24.0. The third-order valence-corrected chi connectivity index (χ3v) is 5.92. The van der Waals surface area contributed by atoms with Crippen molar-refractivity contribution < 1.29 is 14.3 Å². The molecule has 0 aliphatic carbocycles. The predicted molar refractivity (Wildman–Crippen MR) is 139 cm³/mol. The van der Waals surface area contributed by atoms with E-state index < -0.39 is 0 Å². The molecule has 1 aromatic heterocycles. The number of carbonyl (C=O) groups excluding carboxylic acids is 1. The van der Waals surface area contributed by atoms with Crippen LogP contribution >= 0.6 is 0 Å². The molecule has 180 valence electrons. The molecule has 0 aliphatic rings. The summed E-state index contributed by atoms with van der Waals surface area (Å²) < 4.78 is 10.9. The van der Waals surface area contributed by atoms with Crippen molar-refractivity contribution in [1.29, 1.82) is 0 Å². The van der Waals surface area contributed by atoms with Gasteiger partial charge in [-0.05, 0) is 54.8 Å². The van der Waals surface area contributed by atoms with E-state index >= 15 is 0 Å². The Labute approximate surface area is 205 Å². The van der Waals surface area contributed by atoms with Gasteiger partial charge in [0.25, 0.3) is 5.91 Å². The van der Waals surface area contributed by atoms with Crippen molar-refractivity contribution in [2.45, 2.75) is 19.9 Å². The number of fused-ring (bicyclic) bond motifs is 1. The van der Waals surface area contributed by atoms with Gasteiger partial charge in [-0.1, -0.05) is 30.3 Å². The summed E-state index contributed by atoms with van der Waals surface area (Å²) in [4.78, 5) is 23.0. The molecule has 0 spiro atoms. The quantitative estimate of drug-likeness (QED) is 0.385. The first-order valence-electron chi connectivity index (χ1n) is 11.4. The van der Waals surface area contributed by atoms with Crippen LogP contribution in [-0.4, -0.2) is 49.1 Å². The number of aromatic nitrogens is 2. The molecule has 0 saturated heterocycles. The van der Waals surface area contributed by atoms with Gasteiger partial charge in [0.1, 0.15) is 11.6 Å². The zero-order valence-corrected chi connectivity index (χ0v) is 20.9. The van der Waals surface area contributed by atoms with E-state index in [1.807, 2.05) is 49.4 Å². The molecule has 35 heavy (non-hydrogen) atoms. The molecule has 1 heterocycles. The van der Waals surface area contributed by atoms with Crippen LogP contribution < -0.4 is 14.8 Å². The number of anilines is 1. The smallest absolute Gasteiger partial charge is 0.253 e. The second-order valence-electron chi connectivity index (χ2n) is 8.61. The van der Waals surface area contributed by atoms with Gasteiger partial charge in [-0.3, -0.25) is 4.79 Å². The Morgan fingerprint density at radius 3 is 2.26 bits per heavy atom. The zero-order chi connectivity index (χ0) is 25.1. The number of amides is 1. The first-order valence-corrected chi connectivity index (χ1v) is 11.4. The van der Waals surface area contributed by atoms with Crippen LogP contribution in [0, 0.1) is 6.92 Å². The summed E-state index contributed by atoms with van der Waals surface area (Å²) in [5.74, 6) is 2.65. The van der Waals surface area contributed by atoms with E-state index in [4.69, 9.17) is 9.47 Å². The highest BCUT2D eigenvalue weighted by Crippen LogP contribution is 2.35. The number of aryl methyl sites for hydroxylation is 1. The lowest BCUT2D eigenvalue weighted by Gasteiger charge is -2.18. The Hall–Kier alpha value is -4.13. The van der Waals surface area contributed by atoms with Gasteiger partial charge in [0.05, 0.1) is 19.7 Å². The Bertz CT molecular complexity index is 1370. The standard InChI is InChI=1S/C28H30N4O3/c1-17(29-27-23-15-25(34-5)26(35-6)16-24(23)30-18(2)31-27)21-8-7-9-22(14-21)19-10-12-20(13-11-19)28(33)32(3)4/h7-17H,1-6H3,(H,29,30,31). The van der Waals surface area contributed by atoms with E-state index in [0.29, 0.717) is 22.9 Å². The van der Waals surface area contributed by atoms with Gasteiger partial charge in [-0.2, -0.15) is 0 Å². The zero-order valence-electron chi connectivity index (χ0n) is 20.9. The summed E-state index contributed by atoms with van der Waals surface area (Å²) in [6, 6.07) is 19.8. The fourth-order valence-electron chi connectivity index (χ4n) is 4.02. The van der Waals surface area contributed by atoms with E-state index in [9.17, 15) is 4.79 Å². The SMILES string of the molecule is COc1cc2nc(C)nc(NC(C)c3cccc(-c4ccc(C(=O)N(C)C)cc4)c3)c2cc1OC. The second kappa shape index (κ2) is 10.0. The van der Waals surface area contributed by atoms with Crippen molar-refractivity contribution >= 4 is 22.6 Å². The normalized spacial score (nSPS) is 11.7. The molecular weight excluding hydrogens is 440 g/mol. The molecule has 4 aromatic rings. The van der Waals surface area contributed by atoms with Gasteiger partial charge >= 0.3 is 0 Å². The summed E-state index contributed by atoms with van der Waals surface area (Å²) in [7, 11) is 6.73. The topological polar surface area (TPSA) is 76.6 Å². The van der Waals surface area contributed by atoms with E-state index in [1.54, 1.807) is 33.2 Å². The summed E-state index contributed by atoms with van der Waals surface area (Å²) in [5.41, 5.74) is 4.69. The van der Waals surface area contributed by atoms with Crippen LogP contribution in [0.4, 0.5) is 5.82 Å². The van der Waals surface area contributed by atoms with Crippen molar-refractivity contribution in [2.24, 2.45) is 0 Å². The van der Waals surface area contributed by atoms with Crippen LogP contribution in [-0.2, 0) is 0 Å². The average Bonchev–Trinajstić information content (AvgIpc) is 2.87. The maximum atomic E-state index is 12.2. The molecule has 0 aliphatic heterocycles. The van der Waals surface area contributed by atoms with Crippen molar-refractivity contribution in [3.05, 3.63) is 77.6 Å². The Balaban J connectivity index is 1.63. The number of ether oxygens (including phenoxy) is 2. The van der Waals surface area contributed by atoms with Gasteiger partial charge in [-0.15, -0.1) is 0 Å². The molecule has 0 radical (unpaired) electrons. The molecule has 1 unspecified atom stereocenters. The third-order valence-electron chi connectivity index (χ3n) is 5.92. The lowest BCUT2D eigenvalue weighted by molar-refractivity contribution is 0.0827. The number of hydrogen-bond acceptors (Lipinski definition) is 6. The highest BCUT2D eigenvalue weighted by Gasteiger charge is 2.15. The minimum absolute atomic E-state index is 0.00950. The maximum absolute atomic E-state index is 12.2. The molecule has 1 amide bonds. The van der Waals surface area contributed by atoms with Crippen LogP contribution in [0.25, 0.3) is 22.0 Å². The van der Waals surface area contributed by atoms with Gasteiger partial charge in [0.15, 0.2) is 11.5 Å².